The Kier molecular flexibility index (Phi) is 8.79. The van der Waals surface area contributed by atoms with Crippen molar-refractivity contribution in [3.63, 3.8) is 0 Å². The molecule has 1 aromatic heterocycles. The van der Waals surface area contributed by atoms with Crippen LogP contribution in [0.2, 0.25) is 0 Å². The monoisotopic (exact) mass is 571 g/mol. The average molecular weight is 572 g/mol. The van der Waals surface area contributed by atoms with Crippen LogP contribution in [0.1, 0.15) is 27.7 Å². The summed E-state index contributed by atoms with van der Waals surface area (Å²) in [5, 5.41) is 3.00. The van der Waals surface area contributed by atoms with Gasteiger partial charge in [-0.15, -0.1) is 11.3 Å². The molecular weight excluding hydrogens is 551 g/mol. The van der Waals surface area contributed by atoms with Crippen molar-refractivity contribution in [3.8, 4) is 16.2 Å². The van der Waals surface area contributed by atoms with Crippen LogP contribution in [-0.2, 0) is 27.0 Å². The summed E-state index contributed by atoms with van der Waals surface area (Å²) in [4.78, 5) is 24.9. The fourth-order valence-electron chi connectivity index (χ4n) is 3.10. The number of hydrogen-bond acceptors (Lipinski definition) is 7. The standard InChI is InChI=1S/C24H21BrF3NO5S/c1-3-33-18(30)13-34-20-19(25)21(35-22(20)23(31)32-2)15-7-4-6-14(10-15)12-29-17-9-5-8-16(11-17)24(26,27)28/h4-11,29H,3,12-13H2,1-2H3. The summed E-state index contributed by atoms with van der Waals surface area (Å²) in [5.74, 6) is -1.04. The number of halogens is 4. The maximum Gasteiger partial charge on any atom is 0.416 e. The van der Waals surface area contributed by atoms with Crippen molar-refractivity contribution in [2.45, 2.75) is 19.6 Å². The molecule has 0 aliphatic rings. The fourth-order valence-corrected chi connectivity index (χ4v) is 5.07. The van der Waals surface area contributed by atoms with E-state index >= 15 is 0 Å². The zero-order valence-electron chi connectivity index (χ0n) is 18.7. The molecule has 35 heavy (non-hydrogen) atoms. The molecule has 0 aliphatic heterocycles. The van der Waals surface area contributed by atoms with E-state index in [4.69, 9.17) is 14.2 Å². The molecule has 0 amide bonds. The molecule has 0 radical (unpaired) electrons. The second-order valence-electron chi connectivity index (χ2n) is 7.12. The first-order valence-electron chi connectivity index (χ1n) is 10.3. The molecule has 0 bridgehead atoms. The molecule has 11 heteroatoms. The highest BCUT2D eigenvalue weighted by atomic mass is 79.9. The smallest absolute Gasteiger partial charge is 0.416 e. The van der Waals surface area contributed by atoms with Crippen molar-refractivity contribution in [1.29, 1.82) is 0 Å². The molecule has 6 nitrogen and oxygen atoms in total. The highest BCUT2D eigenvalue weighted by Crippen LogP contribution is 2.46. The first kappa shape index (κ1) is 26.6. The number of benzene rings is 2. The molecule has 0 saturated carbocycles. The molecule has 0 saturated heterocycles. The van der Waals surface area contributed by atoms with Crippen molar-refractivity contribution in [1.82, 2.24) is 0 Å². The number of rotatable bonds is 9. The van der Waals surface area contributed by atoms with Gasteiger partial charge >= 0.3 is 18.1 Å². The Hall–Kier alpha value is -3.05. The Morgan fingerprint density at radius 1 is 1.11 bits per heavy atom. The van der Waals surface area contributed by atoms with Gasteiger partial charge in [0.25, 0.3) is 0 Å². The minimum atomic E-state index is -4.42. The number of ether oxygens (including phenoxy) is 3. The Morgan fingerprint density at radius 2 is 1.86 bits per heavy atom. The Labute approximate surface area is 212 Å². The van der Waals surface area contributed by atoms with Crippen molar-refractivity contribution in [3.05, 3.63) is 69.0 Å². The lowest BCUT2D eigenvalue weighted by molar-refractivity contribution is -0.145. The van der Waals surface area contributed by atoms with Crippen LogP contribution in [0, 0.1) is 0 Å². The third-order valence-corrected chi connectivity index (χ3v) is 6.91. The van der Waals surface area contributed by atoms with E-state index in [1.165, 1.54) is 13.2 Å². The molecule has 186 valence electrons. The predicted octanol–water partition coefficient (Wildman–Crippen LogP) is 6.54. The number of alkyl halides is 3. The van der Waals surface area contributed by atoms with Gasteiger partial charge in [-0.05, 0) is 58.2 Å². The van der Waals surface area contributed by atoms with E-state index in [0.717, 1.165) is 34.6 Å². The number of esters is 2. The zero-order valence-corrected chi connectivity index (χ0v) is 21.1. The lowest BCUT2D eigenvalue weighted by Crippen LogP contribution is -2.15. The van der Waals surface area contributed by atoms with Crippen molar-refractivity contribution in [2.24, 2.45) is 0 Å². The number of thiophene rings is 1. The molecule has 0 aliphatic carbocycles. The quantitative estimate of drug-likeness (QED) is 0.294. The lowest BCUT2D eigenvalue weighted by atomic mass is 10.1. The third-order valence-electron chi connectivity index (χ3n) is 4.70. The number of carbonyl (C=O) groups excluding carboxylic acids is 2. The van der Waals surface area contributed by atoms with Crippen LogP contribution in [0.25, 0.3) is 10.4 Å². The van der Waals surface area contributed by atoms with Crippen LogP contribution in [0.4, 0.5) is 18.9 Å². The largest absolute Gasteiger partial charge is 0.479 e. The minimum absolute atomic E-state index is 0.164. The molecule has 3 aromatic rings. The van der Waals surface area contributed by atoms with Crippen molar-refractivity contribution in [2.75, 3.05) is 25.6 Å². The molecular formula is C24H21BrF3NO5S. The van der Waals surface area contributed by atoms with E-state index in [-0.39, 0.29) is 30.4 Å². The Bertz CT molecular complexity index is 1210. The maximum absolute atomic E-state index is 13.0. The molecule has 0 unspecified atom stereocenters. The van der Waals surface area contributed by atoms with Gasteiger partial charge in [0.2, 0.25) is 0 Å². The maximum atomic E-state index is 13.0. The molecule has 0 spiro atoms. The number of nitrogens with one attached hydrogen (secondary N) is 1. The first-order chi connectivity index (χ1) is 16.6. The van der Waals surface area contributed by atoms with Crippen LogP contribution in [0.5, 0.6) is 5.75 Å². The predicted molar refractivity (Wildman–Crippen MR) is 130 cm³/mol. The van der Waals surface area contributed by atoms with Crippen LogP contribution in [0.3, 0.4) is 0 Å². The minimum Gasteiger partial charge on any atom is -0.479 e. The summed E-state index contributed by atoms with van der Waals surface area (Å²) >= 11 is 4.58. The van der Waals surface area contributed by atoms with Crippen LogP contribution in [0.15, 0.2) is 53.0 Å². The van der Waals surface area contributed by atoms with Gasteiger partial charge in [0, 0.05) is 12.2 Å². The van der Waals surface area contributed by atoms with Gasteiger partial charge in [0.15, 0.2) is 17.2 Å². The number of methoxy groups -OCH3 is 1. The van der Waals surface area contributed by atoms with E-state index < -0.39 is 23.7 Å². The number of hydrogen-bond donors (Lipinski definition) is 1. The van der Waals surface area contributed by atoms with Crippen molar-refractivity contribution < 1.29 is 37.0 Å². The van der Waals surface area contributed by atoms with Gasteiger partial charge in [-0.25, -0.2) is 9.59 Å². The second-order valence-corrected chi connectivity index (χ2v) is 8.93. The summed E-state index contributed by atoms with van der Waals surface area (Å²) in [6.07, 6.45) is -4.42. The Balaban J connectivity index is 1.84. The summed E-state index contributed by atoms with van der Waals surface area (Å²) in [6.45, 7) is 1.76. The topological polar surface area (TPSA) is 73.9 Å². The fraction of sp³-hybridized carbons (Fsp3) is 0.250. The molecule has 0 fully saturated rings. The lowest BCUT2D eigenvalue weighted by Gasteiger charge is -2.11. The van der Waals surface area contributed by atoms with Gasteiger partial charge in [0.05, 0.1) is 28.6 Å². The SMILES string of the molecule is CCOC(=O)COc1c(C(=O)OC)sc(-c2cccc(CNc3cccc(C(F)(F)F)c3)c2)c1Br. The first-order valence-corrected chi connectivity index (χ1v) is 11.9. The summed E-state index contributed by atoms with van der Waals surface area (Å²) in [7, 11) is 1.24. The Morgan fingerprint density at radius 3 is 2.54 bits per heavy atom. The molecule has 1 heterocycles. The van der Waals surface area contributed by atoms with E-state index in [2.05, 4.69) is 21.2 Å². The normalized spacial score (nSPS) is 11.1. The summed E-state index contributed by atoms with van der Waals surface area (Å²) in [6, 6.07) is 12.2. The highest BCUT2D eigenvalue weighted by molar-refractivity contribution is 9.10. The highest BCUT2D eigenvalue weighted by Gasteiger charge is 2.30. The van der Waals surface area contributed by atoms with E-state index in [1.54, 1.807) is 19.1 Å². The molecule has 2 aromatic carbocycles. The van der Waals surface area contributed by atoms with Crippen LogP contribution in [-0.4, -0.2) is 32.3 Å². The van der Waals surface area contributed by atoms with E-state index in [1.807, 2.05) is 18.2 Å². The molecule has 1 N–H and O–H groups in total. The van der Waals surface area contributed by atoms with Gasteiger partial charge in [0.1, 0.15) is 0 Å². The molecule has 0 atom stereocenters. The third kappa shape index (κ3) is 6.76. The van der Waals surface area contributed by atoms with Gasteiger partial charge in [-0.3, -0.25) is 0 Å². The summed E-state index contributed by atoms with van der Waals surface area (Å²) in [5.41, 5.74) is 1.14. The van der Waals surface area contributed by atoms with E-state index in [9.17, 15) is 22.8 Å². The second kappa shape index (κ2) is 11.6. The van der Waals surface area contributed by atoms with Gasteiger partial charge in [-0.1, -0.05) is 24.3 Å². The number of anilines is 1. The van der Waals surface area contributed by atoms with Gasteiger partial charge < -0.3 is 19.5 Å². The summed E-state index contributed by atoms with van der Waals surface area (Å²) < 4.78 is 54.6. The zero-order chi connectivity index (χ0) is 25.6. The van der Waals surface area contributed by atoms with Crippen molar-refractivity contribution >= 4 is 44.9 Å². The van der Waals surface area contributed by atoms with E-state index in [0.29, 0.717) is 15.0 Å². The average Bonchev–Trinajstić information content (AvgIpc) is 3.17. The van der Waals surface area contributed by atoms with Crippen LogP contribution >= 0.6 is 27.3 Å². The number of carbonyl (C=O) groups is 2. The van der Waals surface area contributed by atoms with Gasteiger partial charge in [-0.2, -0.15) is 13.2 Å². The van der Waals surface area contributed by atoms with Crippen LogP contribution < -0.4 is 10.1 Å². The molecule has 3 rings (SSSR count).